The molecular formula is C81H76Cl5N11O27S2. The molecule has 126 heavy (non-hydrogen) atoms. The first-order chi connectivity index (χ1) is 59.3. The van der Waals surface area contributed by atoms with Crippen LogP contribution in [0.3, 0.4) is 0 Å². The third kappa shape index (κ3) is 31.3. The van der Waals surface area contributed by atoms with Crippen molar-refractivity contribution in [2.45, 2.75) is 23.1 Å². The van der Waals surface area contributed by atoms with Crippen LogP contribution in [-0.2, 0) is 67.3 Å². The molecule has 12 aromatic rings. The van der Waals surface area contributed by atoms with Crippen molar-refractivity contribution in [1.82, 2.24) is 40.1 Å². The quantitative estimate of drug-likeness (QED) is 0.00569. The number of amides is 2. The highest BCUT2D eigenvalue weighted by Gasteiger charge is 2.26. The molecule has 0 aliphatic rings. The van der Waals surface area contributed by atoms with Crippen LogP contribution in [0.25, 0.3) is 28.5 Å². The number of hydrogen-bond acceptors (Lipinski definition) is 32. The third-order valence-corrected chi connectivity index (χ3v) is 18.9. The van der Waals surface area contributed by atoms with Crippen LogP contribution in [0, 0.1) is 0 Å². The van der Waals surface area contributed by atoms with E-state index >= 15 is 0 Å². The number of nitrogen functional groups attached to an aromatic ring is 2. The number of carbonyl (C=O) groups is 13. The maximum absolute atomic E-state index is 12.8. The third-order valence-electron chi connectivity index (χ3n) is 15.4. The van der Waals surface area contributed by atoms with Gasteiger partial charge in [-0.1, -0.05) is 113 Å². The summed E-state index contributed by atoms with van der Waals surface area (Å²) in [5, 5.41) is 25.6. The molecule has 6 heterocycles. The minimum Gasteiger partial charge on any atom is -0.477 e. The monoisotopic (exact) mass is 1870 g/mol. The second kappa shape index (κ2) is 51.0. The number of nitrogens with one attached hydrogen (secondary N) is 3. The predicted molar refractivity (Wildman–Crippen MR) is 456 cm³/mol. The number of furan rings is 3. The van der Waals surface area contributed by atoms with E-state index in [9.17, 15) is 79.2 Å². The minimum atomic E-state index is -3.49. The molecule has 0 fully saturated rings. The fourth-order valence-corrected chi connectivity index (χ4v) is 11.5. The van der Waals surface area contributed by atoms with Crippen molar-refractivity contribution in [2.75, 3.05) is 67.1 Å². The van der Waals surface area contributed by atoms with Gasteiger partial charge in [-0.15, -0.1) is 12.4 Å². The summed E-state index contributed by atoms with van der Waals surface area (Å²) in [6, 6.07) is 52.7. The molecule has 2 amide bonds. The first-order valence-corrected chi connectivity index (χ1v) is 40.2. The van der Waals surface area contributed by atoms with Crippen molar-refractivity contribution >= 4 is 161 Å². The lowest BCUT2D eigenvalue weighted by Gasteiger charge is -2.09. The van der Waals surface area contributed by atoms with Crippen molar-refractivity contribution in [3.05, 3.63) is 290 Å². The maximum atomic E-state index is 12.8. The number of halogens is 5. The van der Waals surface area contributed by atoms with Crippen LogP contribution in [0.1, 0.15) is 108 Å². The lowest BCUT2D eigenvalue weighted by Crippen LogP contribution is -2.31. The summed E-state index contributed by atoms with van der Waals surface area (Å²) in [5.74, 6) is 1.74. The summed E-state index contributed by atoms with van der Waals surface area (Å²) in [7, 11) is 0.206. The number of carboxylic acids is 1. The zero-order chi connectivity index (χ0) is 92.8. The normalized spacial score (nSPS) is 10.1. The molecule has 664 valence electrons. The molecule has 0 saturated carbocycles. The molecule has 0 radical (unpaired) electrons. The molecule has 12 rings (SSSR count). The second-order valence-corrected chi connectivity index (χ2v) is 29.6. The second-order valence-electron chi connectivity index (χ2n) is 23.9. The number of nitrogens with zero attached hydrogens (tertiary/aromatic N) is 6. The number of aromatic carboxylic acids is 1. The number of hydrogen-bond donors (Lipinski definition) is 6. The van der Waals surface area contributed by atoms with Crippen molar-refractivity contribution in [1.29, 1.82) is 0 Å². The number of ketones is 4. The molecule has 0 unspecified atom stereocenters. The lowest BCUT2D eigenvalue weighted by molar-refractivity contribution is -0.164. The number of rotatable bonds is 21. The largest absolute Gasteiger partial charge is 0.477 e. The number of sulfone groups is 2. The van der Waals surface area contributed by atoms with Gasteiger partial charge in [0.15, 0.2) is 71.3 Å². The topological polar surface area (TPSA) is 547 Å². The number of nitrogens with two attached hydrogens (primary N) is 2. The Bertz CT molecular complexity index is 6040. The van der Waals surface area contributed by atoms with Gasteiger partial charge in [0.25, 0.3) is 11.8 Å². The first-order valence-electron chi connectivity index (χ1n) is 34.9. The SMILES string of the molecule is CC(=O)c1ccco1.COC(=O)C(=O)CC(=O)c1ccco1.COC(=O)C(=O)OC.COC(=O)c1cc(-c2ccco2)n(-c2ccccc2Cl)n1.COC(=O)c1cc(C(=O)NCC(=O)c2cccc(S(C)(=O)=O)c2)n(-c2ccccc2Cl)n1.COC(=O)c1cc(C(=O)O)n(-c2ccccc2Cl)n1.CS(=O)(=O)c1cccc(C(=O)NN)c1.Cl.NNc1ccccc1Cl. The smallest absolute Gasteiger partial charge is 0.417 e. The molecule has 38 nitrogen and oxygen atoms in total. The van der Waals surface area contributed by atoms with E-state index in [-0.39, 0.29) is 78.4 Å². The summed E-state index contributed by atoms with van der Waals surface area (Å²) in [5.41, 5.74) is 7.23. The summed E-state index contributed by atoms with van der Waals surface area (Å²) in [6.07, 6.45) is 5.93. The molecule has 6 aromatic heterocycles. The zero-order valence-corrected chi connectivity index (χ0v) is 72.8. The molecule has 0 atom stereocenters. The number of anilines is 1. The van der Waals surface area contributed by atoms with Gasteiger partial charge in [-0.3, -0.25) is 40.0 Å². The highest BCUT2D eigenvalue weighted by Crippen LogP contribution is 2.30. The average molecular weight is 1880 g/mol. The molecule has 8 N–H and O–H groups in total. The highest BCUT2D eigenvalue weighted by molar-refractivity contribution is 7.91. The van der Waals surface area contributed by atoms with Gasteiger partial charge in [-0.25, -0.2) is 70.3 Å². The molecule has 0 saturated heterocycles. The Labute approximate surface area is 743 Å². The summed E-state index contributed by atoms with van der Waals surface area (Å²) >= 11 is 24.1. The van der Waals surface area contributed by atoms with Gasteiger partial charge < -0.3 is 57.5 Å². The number of ether oxygens (including phenoxy) is 6. The van der Waals surface area contributed by atoms with Gasteiger partial charge in [0.1, 0.15) is 11.4 Å². The van der Waals surface area contributed by atoms with Gasteiger partial charge in [-0.2, -0.15) is 15.3 Å². The number of carboxylic acid groups (broad SMARTS) is 1. The standard InChI is InChI=1S/C21H18ClN3O6S.C15H11ClN2O3.C12H9ClN2O4.C9H8O5.C8H10N2O3S.C6H7ClN2.C6H6O2.C4H6O4.ClH/c1-31-21(28)16-11-18(25(24-16)17-9-4-3-8-15(17)22)20(27)23-12-19(26)13-6-5-7-14(10-13)32(2,29)30;1-20-15(19)11-9-13(14-7-4-8-21-14)18(17-11)12-6-3-2-5-10(12)16;1-19-12(18)8-6-10(11(16)17)15(14-8)9-5-3-2-4-7(9)13;1-13-9(12)7(11)5-6(10)8-3-2-4-14-8;1-14(12,13)7-4-2-3-6(5-7)8(11)10-9;7-5-3-1-2-4-6(5)9-8;1-5(7)6-3-2-4-8-6;1-7-3(5)4(6)8-2;/h3-11H,12H2,1-2H3,(H,23,27);2-9H,1H3;2-6H,1H3,(H,16,17);2-4H,5H2,1H3;2-5H,9H2,1H3,(H,10,11);1-4,9H,8H2;2-4H,1H3;1-2H3;1H. The van der Waals surface area contributed by atoms with Crippen LogP contribution >= 0.6 is 58.8 Å². The average Bonchev–Trinajstić information content (AvgIpc) is 1.65. The minimum absolute atomic E-state index is 0. The Morgan fingerprint density at radius 2 is 0.841 bits per heavy atom. The molecular weight excluding hydrogens is 1800 g/mol. The summed E-state index contributed by atoms with van der Waals surface area (Å²) in [6.45, 7) is 1.06. The number of esters is 6. The molecule has 6 aromatic carbocycles. The maximum Gasteiger partial charge on any atom is 0.417 e. The van der Waals surface area contributed by atoms with Crippen molar-refractivity contribution in [3.63, 3.8) is 0 Å². The Balaban J connectivity index is 0.000000315. The van der Waals surface area contributed by atoms with E-state index in [1.54, 1.807) is 102 Å². The van der Waals surface area contributed by atoms with E-state index in [4.69, 9.17) is 81.2 Å². The van der Waals surface area contributed by atoms with Crippen molar-refractivity contribution in [2.24, 2.45) is 11.7 Å². The number of methoxy groups -OCH3 is 6. The molecule has 0 aliphatic heterocycles. The van der Waals surface area contributed by atoms with Crippen LogP contribution in [0.2, 0.25) is 20.1 Å². The van der Waals surface area contributed by atoms with E-state index in [1.165, 1.54) is 112 Å². The molecule has 0 aliphatic carbocycles. The van der Waals surface area contributed by atoms with E-state index < -0.39 is 104 Å². The number of benzene rings is 6. The lowest BCUT2D eigenvalue weighted by atomic mass is 10.1. The Hall–Kier alpha value is -14.2. The number of hydrazine groups is 2. The molecule has 0 spiro atoms. The van der Waals surface area contributed by atoms with Crippen LogP contribution < -0.4 is 27.9 Å². The van der Waals surface area contributed by atoms with Crippen LogP contribution in [-0.4, -0.2) is 190 Å². The van der Waals surface area contributed by atoms with Crippen LogP contribution in [0.4, 0.5) is 5.69 Å². The van der Waals surface area contributed by atoms with Gasteiger partial charge in [0.2, 0.25) is 11.6 Å². The fourth-order valence-electron chi connectivity index (χ4n) is 9.38. The number of aromatic nitrogens is 6. The summed E-state index contributed by atoms with van der Waals surface area (Å²) in [4.78, 5) is 146. The Kier molecular flexibility index (Phi) is 42.1. The van der Waals surface area contributed by atoms with Crippen LogP contribution in [0.5, 0.6) is 0 Å². The van der Waals surface area contributed by atoms with Gasteiger partial charge in [0.05, 0.1) is 127 Å². The number of Topliss-reactive ketones (excluding diaryl/α,β-unsaturated/α-hetero) is 4. The number of carbonyl (C=O) groups excluding carboxylic acids is 12. The predicted octanol–water partition coefficient (Wildman–Crippen LogP) is 11.1. The molecule has 0 bridgehead atoms. The highest BCUT2D eigenvalue weighted by atomic mass is 35.5. The van der Waals surface area contributed by atoms with E-state index in [1.807, 2.05) is 41.8 Å². The first kappa shape index (κ1) is 104. The van der Waals surface area contributed by atoms with E-state index in [0.717, 1.165) is 50.3 Å². The van der Waals surface area contributed by atoms with Gasteiger partial charge in [-0.05, 0) is 115 Å². The van der Waals surface area contributed by atoms with E-state index in [0.29, 0.717) is 49.3 Å². The Morgan fingerprint density at radius 3 is 1.23 bits per heavy atom. The molecule has 45 heteroatoms. The zero-order valence-electron chi connectivity index (χ0n) is 67.3. The van der Waals surface area contributed by atoms with E-state index in [2.05, 4.69) is 49.7 Å². The van der Waals surface area contributed by atoms with Gasteiger partial charge >= 0.3 is 41.8 Å². The Morgan fingerprint density at radius 1 is 0.437 bits per heavy atom. The van der Waals surface area contributed by atoms with Crippen LogP contribution in [0.15, 0.2) is 242 Å². The van der Waals surface area contributed by atoms with Crippen molar-refractivity contribution in [3.8, 4) is 28.5 Å². The fraction of sp³-hybridized carbons (Fsp3) is 0.136. The van der Waals surface area contributed by atoms with Gasteiger partial charge in [0, 0.05) is 48.8 Å². The summed E-state index contributed by atoms with van der Waals surface area (Å²) < 4.78 is 90.4. The number of para-hydroxylation sites is 4. The van der Waals surface area contributed by atoms with Crippen molar-refractivity contribution < 1.29 is 126 Å².